The molecule has 2 amide bonds. The average molecular weight is 648 g/mol. The van der Waals surface area contributed by atoms with E-state index in [4.69, 9.17) is 14.2 Å². The Morgan fingerprint density at radius 2 is 1.42 bits per heavy atom. The Balaban J connectivity index is 1.01. The standard InChI is InChI=1S/C39H37NO8/c1-27(26-38(44)48-34-6-3-2-4-7-34)39(45)47-25-5-24-46-33-19-15-30(16-20-33)29-11-13-31(14-12-29)35(41)21-10-28-8-17-32(18-9-28)40-36(42)22-23-37(40)43/h8-23,34H,1-7,24-26H2/b21-10+. The summed E-state index contributed by atoms with van der Waals surface area (Å²) in [6, 6.07) is 21.6. The van der Waals surface area contributed by atoms with Gasteiger partial charge in [0.2, 0.25) is 0 Å². The van der Waals surface area contributed by atoms with Gasteiger partial charge in [-0.05, 0) is 72.7 Å². The first-order chi connectivity index (χ1) is 23.3. The summed E-state index contributed by atoms with van der Waals surface area (Å²) in [6.07, 6.45) is 10.9. The van der Waals surface area contributed by atoms with Crippen LogP contribution in [0.5, 0.6) is 5.75 Å². The minimum absolute atomic E-state index is 0.0621. The molecule has 2 aliphatic rings. The maximum atomic E-state index is 12.7. The number of ketones is 1. The molecule has 1 aliphatic carbocycles. The summed E-state index contributed by atoms with van der Waals surface area (Å²) in [4.78, 5) is 61.8. The number of ether oxygens (including phenoxy) is 3. The molecule has 1 heterocycles. The molecule has 0 atom stereocenters. The van der Waals surface area contributed by atoms with E-state index in [1.807, 2.05) is 36.4 Å². The van der Waals surface area contributed by atoms with Crippen molar-refractivity contribution in [3.05, 3.63) is 114 Å². The van der Waals surface area contributed by atoms with E-state index < -0.39 is 11.9 Å². The molecule has 0 saturated heterocycles. The van der Waals surface area contributed by atoms with Gasteiger partial charge in [-0.15, -0.1) is 0 Å². The van der Waals surface area contributed by atoms with E-state index in [1.54, 1.807) is 42.5 Å². The largest absolute Gasteiger partial charge is 0.493 e. The summed E-state index contributed by atoms with van der Waals surface area (Å²) in [5, 5.41) is 0. The van der Waals surface area contributed by atoms with Gasteiger partial charge in [0.15, 0.2) is 5.78 Å². The molecule has 0 radical (unpaired) electrons. The van der Waals surface area contributed by atoms with Crippen LogP contribution in [-0.4, -0.2) is 48.9 Å². The SMILES string of the molecule is C=C(CC(=O)OC1CCCCC1)C(=O)OCCCOc1ccc(-c2ccc(C(=O)/C=C/c3ccc(N4C(=O)C=CC4=O)cc3)cc2)cc1. The van der Waals surface area contributed by atoms with Gasteiger partial charge in [0.05, 0.1) is 25.3 Å². The number of carbonyl (C=O) groups is 5. The van der Waals surface area contributed by atoms with E-state index in [2.05, 4.69) is 6.58 Å². The van der Waals surface area contributed by atoms with E-state index in [0.717, 1.165) is 53.7 Å². The second-order valence-electron chi connectivity index (χ2n) is 11.6. The number of rotatable bonds is 14. The average Bonchev–Trinajstić information content (AvgIpc) is 3.44. The minimum atomic E-state index is -0.608. The number of esters is 2. The van der Waals surface area contributed by atoms with Gasteiger partial charge in [0.25, 0.3) is 11.8 Å². The molecule has 3 aromatic carbocycles. The van der Waals surface area contributed by atoms with Crippen molar-refractivity contribution in [2.45, 2.75) is 51.0 Å². The first-order valence-electron chi connectivity index (χ1n) is 16.0. The first-order valence-corrected chi connectivity index (χ1v) is 16.0. The summed E-state index contributed by atoms with van der Waals surface area (Å²) in [5.74, 6) is -1.30. The number of nitrogens with zero attached hydrogens (tertiary/aromatic N) is 1. The van der Waals surface area contributed by atoms with E-state index in [1.165, 1.54) is 18.2 Å². The van der Waals surface area contributed by atoms with E-state index in [-0.39, 0.29) is 42.3 Å². The smallest absolute Gasteiger partial charge is 0.333 e. The van der Waals surface area contributed by atoms with Crippen LogP contribution in [0.3, 0.4) is 0 Å². The van der Waals surface area contributed by atoms with Gasteiger partial charge in [-0.1, -0.05) is 67.6 Å². The third-order valence-electron chi connectivity index (χ3n) is 8.03. The Morgan fingerprint density at radius 1 is 0.792 bits per heavy atom. The molecular formula is C39H37NO8. The fraction of sp³-hybridized carbons (Fsp3) is 0.256. The normalized spacial score (nSPS) is 14.7. The van der Waals surface area contributed by atoms with Crippen LogP contribution in [0.4, 0.5) is 5.69 Å². The zero-order valence-electron chi connectivity index (χ0n) is 26.6. The highest BCUT2D eigenvalue weighted by Gasteiger charge is 2.25. The van der Waals surface area contributed by atoms with Crippen molar-refractivity contribution in [1.82, 2.24) is 0 Å². The first kappa shape index (κ1) is 33.8. The molecule has 0 unspecified atom stereocenters. The number of benzene rings is 3. The summed E-state index contributed by atoms with van der Waals surface area (Å²) in [7, 11) is 0. The zero-order valence-corrected chi connectivity index (χ0v) is 26.6. The Labute approximate surface area is 279 Å². The van der Waals surface area contributed by atoms with E-state index >= 15 is 0 Å². The van der Waals surface area contributed by atoms with Crippen molar-refractivity contribution < 1.29 is 38.2 Å². The molecule has 1 aliphatic heterocycles. The number of anilines is 1. The van der Waals surface area contributed by atoms with Gasteiger partial charge in [-0.25, -0.2) is 9.69 Å². The number of imide groups is 1. The topological polar surface area (TPSA) is 116 Å². The minimum Gasteiger partial charge on any atom is -0.493 e. The van der Waals surface area contributed by atoms with Crippen molar-refractivity contribution >= 4 is 41.3 Å². The lowest BCUT2D eigenvalue weighted by Gasteiger charge is -2.21. The predicted octanol–water partition coefficient (Wildman–Crippen LogP) is 6.81. The second kappa shape index (κ2) is 16.3. The summed E-state index contributed by atoms with van der Waals surface area (Å²) in [6.45, 7) is 4.15. The number of amides is 2. The Bertz CT molecular complexity index is 1690. The van der Waals surface area contributed by atoms with E-state index in [9.17, 15) is 24.0 Å². The van der Waals surface area contributed by atoms with Crippen LogP contribution < -0.4 is 9.64 Å². The van der Waals surface area contributed by atoms with Crippen LogP contribution >= 0.6 is 0 Å². The third kappa shape index (κ3) is 9.25. The Hall–Kier alpha value is -5.57. The van der Waals surface area contributed by atoms with Gasteiger partial charge < -0.3 is 14.2 Å². The quantitative estimate of drug-likeness (QED) is 0.0616. The lowest BCUT2D eigenvalue weighted by molar-refractivity contribution is -0.151. The van der Waals surface area contributed by atoms with E-state index in [0.29, 0.717) is 30.0 Å². The maximum Gasteiger partial charge on any atom is 0.333 e. The molecule has 1 saturated carbocycles. The molecule has 0 spiro atoms. The van der Waals surface area contributed by atoms with Gasteiger partial charge in [-0.2, -0.15) is 0 Å². The van der Waals surface area contributed by atoms with Gasteiger partial charge in [0, 0.05) is 29.7 Å². The van der Waals surface area contributed by atoms with Gasteiger partial charge >= 0.3 is 11.9 Å². The van der Waals surface area contributed by atoms with Crippen molar-refractivity contribution in [3.63, 3.8) is 0 Å². The number of hydrogen-bond acceptors (Lipinski definition) is 8. The monoisotopic (exact) mass is 647 g/mol. The molecule has 1 fully saturated rings. The summed E-state index contributed by atoms with van der Waals surface area (Å²) < 4.78 is 16.4. The maximum absolute atomic E-state index is 12.7. The molecule has 3 aromatic rings. The lowest BCUT2D eigenvalue weighted by atomic mass is 9.98. The molecular weight excluding hydrogens is 610 g/mol. The van der Waals surface area contributed by atoms with Crippen LogP contribution in [-0.2, 0) is 28.7 Å². The zero-order chi connectivity index (χ0) is 33.9. The van der Waals surface area contributed by atoms with Crippen LogP contribution in [0.2, 0.25) is 0 Å². The molecule has 5 rings (SSSR count). The fourth-order valence-electron chi connectivity index (χ4n) is 5.40. The molecule has 0 N–H and O–H groups in total. The summed E-state index contributed by atoms with van der Waals surface area (Å²) in [5.41, 5.74) is 3.74. The van der Waals surface area contributed by atoms with Crippen LogP contribution in [0, 0.1) is 0 Å². The van der Waals surface area contributed by atoms with Crippen LogP contribution in [0.1, 0.15) is 60.9 Å². The van der Waals surface area contributed by atoms with Gasteiger partial charge in [0.1, 0.15) is 11.9 Å². The number of carbonyl (C=O) groups excluding carboxylic acids is 5. The molecule has 0 aromatic heterocycles. The van der Waals surface area contributed by atoms with Crippen LogP contribution in [0.15, 0.2) is 103 Å². The van der Waals surface area contributed by atoms with Crippen molar-refractivity contribution in [2.24, 2.45) is 0 Å². The highest BCUT2D eigenvalue weighted by Crippen LogP contribution is 2.24. The Morgan fingerprint density at radius 3 is 2.06 bits per heavy atom. The van der Waals surface area contributed by atoms with Crippen molar-refractivity contribution in [2.75, 3.05) is 18.1 Å². The number of hydrogen-bond donors (Lipinski definition) is 0. The molecule has 0 bridgehead atoms. The molecule has 9 heteroatoms. The second-order valence-corrected chi connectivity index (χ2v) is 11.6. The third-order valence-corrected chi connectivity index (χ3v) is 8.03. The van der Waals surface area contributed by atoms with Crippen molar-refractivity contribution in [3.8, 4) is 16.9 Å². The summed E-state index contributed by atoms with van der Waals surface area (Å²) >= 11 is 0. The predicted molar refractivity (Wildman–Crippen MR) is 181 cm³/mol. The highest BCUT2D eigenvalue weighted by molar-refractivity contribution is 6.28. The number of allylic oxidation sites excluding steroid dienone is 1. The molecule has 48 heavy (non-hydrogen) atoms. The van der Waals surface area contributed by atoms with Crippen molar-refractivity contribution in [1.29, 1.82) is 0 Å². The van der Waals surface area contributed by atoms with Gasteiger partial charge in [-0.3, -0.25) is 19.2 Å². The molecule has 246 valence electrons. The Kier molecular flexibility index (Phi) is 11.5. The lowest BCUT2D eigenvalue weighted by Crippen LogP contribution is -2.29. The van der Waals surface area contributed by atoms with Crippen LogP contribution in [0.25, 0.3) is 17.2 Å². The highest BCUT2D eigenvalue weighted by atomic mass is 16.5. The molecule has 9 nitrogen and oxygen atoms in total. The fourth-order valence-corrected chi connectivity index (χ4v) is 5.40.